The fourth-order valence-electron chi connectivity index (χ4n) is 1.99. The topological polar surface area (TPSA) is 54.0 Å². The molecule has 0 aliphatic carbocycles. The third kappa shape index (κ3) is 3.99. The molecule has 0 aliphatic rings. The van der Waals surface area contributed by atoms with E-state index in [-0.39, 0.29) is 16.0 Å². The van der Waals surface area contributed by atoms with Crippen molar-refractivity contribution in [2.24, 2.45) is 0 Å². The van der Waals surface area contributed by atoms with Gasteiger partial charge >= 0.3 is 0 Å². The molecule has 1 heterocycles. The highest BCUT2D eigenvalue weighted by molar-refractivity contribution is 7.13. The lowest BCUT2D eigenvalue weighted by Gasteiger charge is -2.11. The zero-order valence-electron chi connectivity index (χ0n) is 12.0. The van der Waals surface area contributed by atoms with Crippen molar-refractivity contribution in [2.75, 3.05) is 10.6 Å². The van der Waals surface area contributed by atoms with Crippen LogP contribution in [-0.4, -0.2) is 10.9 Å². The number of carbonyl (C=O) groups is 1. The number of aromatic nitrogens is 1. The van der Waals surface area contributed by atoms with E-state index in [1.807, 2.05) is 11.4 Å². The summed E-state index contributed by atoms with van der Waals surface area (Å²) < 4.78 is 0. The first-order chi connectivity index (χ1) is 11.5. The molecule has 1 amide bonds. The minimum Gasteiger partial charge on any atom is -0.332 e. The van der Waals surface area contributed by atoms with Gasteiger partial charge < -0.3 is 10.6 Å². The second-order valence-corrected chi connectivity index (χ2v) is 6.89. The lowest BCUT2D eigenvalue weighted by molar-refractivity contribution is 0.102. The molecule has 0 fully saturated rings. The van der Waals surface area contributed by atoms with Crippen molar-refractivity contribution < 1.29 is 4.79 Å². The van der Waals surface area contributed by atoms with Gasteiger partial charge in [0, 0.05) is 27.9 Å². The van der Waals surface area contributed by atoms with Crippen LogP contribution in [0.5, 0.6) is 0 Å². The summed E-state index contributed by atoms with van der Waals surface area (Å²) in [6, 6.07) is 10.1. The van der Waals surface area contributed by atoms with Crippen LogP contribution in [-0.2, 0) is 0 Å². The van der Waals surface area contributed by atoms with E-state index >= 15 is 0 Å². The van der Waals surface area contributed by atoms with E-state index in [0.717, 1.165) is 10.8 Å². The van der Waals surface area contributed by atoms with Crippen LogP contribution >= 0.6 is 46.1 Å². The maximum Gasteiger partial charge on any atom is 0.255 e. The van der Waals surface area contributed by atoms with E-state index < -0.39 is 0 Å². The van der Waals surface area contributed by atoms with Crippen molar-refractivity contribution >= 4 is 68.6 Å². The molecule has 2 N–H and O–H groups in total. The Hall–Kier alpha value is -1.79. The van der Waals surface area contributed by atoms with Gasteiger partial charge in [-0.05, 0) is 30.3 Å². The Morgan fingerprint density at radius 3 is 2.50 bits per heavy atom. The average molecular weight is 399 g/mol. The van der Waals surface area contributed by atoms with Gasteiger partial charge in [0.1, 0.15) is 0 Å². The number of thiazole rings is 1. The standard InChI is InChI=1S/C16H10Cl3N3OS/c17-10-7-12(18)14(13(19)8-10)22-15(23)9-2-1-3-11(6-9)21-16-20-4-5-24-16/h1-8H,(H,20,21)(H,22,23). The molecule has 0 bridgehead atoms. The number of carbonyl (C=O) groups excluding carboxylic acids is 1. The fourth-order valence-corrected chi connectivity index (χ4v) is 3.45. The zero-order chi connectivity index (χ0) is 17.1. The average Bonchev–Trinajstić information content (AvgIpc) is 3.04. The largest absolute Gasteiger partial charge is 0.332 e. The Morgan fingerprint density at radius 1 is 1.08 bits per heavy atom. The van der Waals surface area contributed by atoms with E-state index in [9.17, 15) is 4.79 Å². The van der Waals surface area contributed by atoms with Crippen molar-refractivity contribution in [1.29, 1.82) is 0 Å². The van der Waals surface area contributed by atoms with Crippen LogP contribution < -0.4 is 10.6 Å². The summed E-state index contributed by atoms with van der Waals surface area (Å²) in [5.41, 5.74) is 1.54. The Kier molecular flexibility index (Phi) is 5.26. The monoisotopic (exact) mass is 397 g/mol. The van der Waals surface area contributed by atoms with Crippen LogP contribution in [0.15, 0.2) is 48.0 Å². The highest BCUT2D eigenvalue weighted by atomic mass is 35.5. The van der Waals surface area contributed by atoms with E-state index in [0.29, 0.717) is 16.3 Å². The maximum atomic E-state index is 12.5. The summed E-state index contributed by atoms with van der Waals surface area (Å²) in [4.78, 5) is 16.6. The Morgan fingerprint density at radius 2 is 1.83 bits per heavy atom. The molecule has 0 atom stereocenters. The number of nitrogens with zero attached hydrogens (tertiary/aromatic N) is 1. The molecule has 122 valence electrons. The fraction of sp³-hybridized carbons (Fsp3) is 0. The van der Waals surface area contributed by atoms with Crippen molar-refractivity contribution in [3.63, 3.8) is 0 Å². The van der Waals surface area contributed by atoms with Crippen molar-refractivity contribution in [3.8, 4) is 0 Å². The van der Waals surface area contributed by atoms with Gasteiger partial charge in [0.25, 0.3) is 5.91 Å². The number of amides is 1. The molecule has 0 unspecified atom stereocenters. The normalized spacial score (nSPS) is 10.5. The number of nitrogens with one attached hydrogen (secondary N) is 2. The molecule has 24 heavy (non-hydrogen) atoms. The molecule has 0 radical (unpaired) electrons. The van der Waals surface area contributed by atoms with Crippen molar-refractivity contribution in [3.05, 3.63) is 68.6 Å². The molecule has 2 aromatic carbocycles. The number of halogens is 3. The summed E-state index contributed by atoms with van der Waals surface area (Å²) in [5.74, 6) is -0.330. The molecule has 0 saturated heterocycles. The first kappa shape index (κ1) is 17.0. The van der Waals surface area contributed by atoms with E-state index in [1.54, 1.807) is 24.4 Å². The number of hydrogen-bond acceptors (Lipinski definition) is 4. The van der Waals surface area contributed by atoms with E-state index in [4.69, 9.17) is 34.8 Å². The van der Waals surface area contributed by atoms with Gasteiger partial charge in [-0.25, -0.2) is 4.98 Å². The van der Waals surface area contributed by atoms with E-state index in [1.165, 1.54) is 23.5 Å². The van der Waals surface area contributed by atoms with Crippen LogP contribution in [0, 0.1) is 0 Å². The van der Waals surface area contributed by atoms with Crippen LogP contribution in [0.4, 0.5) is 16.5 Å². The first-order valence-electron chi connectivity index (χ1n) is 6.75. The van der Waals surface area contributed by atoms with Crippen LogP contribution in [0.3, 0.4) is 0 Å². The molecule has 4 nitrogen and oxygen atoms in total. The Bertz CT molecular complexity index is 861. The minimum absolute atomic E-state index is 0.276. The predicted octanol–water partition coefficient (Wildman–Crippen LogP) is 6.10. The molecule has 3 aromatic rings. The molecule has 0 aliphatic heterocycles. The van der Waals surface area contributed by atoms with Crippen molar-refractivity contribution in [2.45, 2.75) is 0 Å². The van der Waals surface area contributed by atoms with Gasteiger partial charge in [-0.3, -0.25) is 4.79 Å². The summed E-state index contributed by atoms with van der Waals surface area (Å²) in [5, 5.41) is 9.40. The van der Waals surface area contributed by atoms with Gasteiger partial charge in [-0.1, -0.05) is 40.9 Å². The smallest absolute Gasteiger partial charge is 0.255 e. The summed E-state index contributed by atoms with van der Waals surface area (Å²) in [7, 11) is 0. The summed E-state index contributed by atoms with van der Waals surface area (Å²) in [6.45, 7) is 0. The summed E-state index contributed by atoms with van der Waals surface area (Å²) in [6.07, 6.45) is 1.70. The van der Waals surface area contributed by atoms with Crippen LogP contribution in [0.2, 0.25) is 15.1 Å². The number of rotatable bonds is 4. The summed E-state index contributed by atoms with van der Waals surface area (Å²) >= 11 is 19.5. The lowest BCUT2D eigenvalue weighted by atomic mass is 10.2. The highest BCUT2D eigenvalue weighted by Gasteiger charge is 2.13. The van der Waals surface area contributed by atoms with Gasteiger partial charge in [0.05, 0.1) is 15.7 Å². The number of hydrogen-bond donors (Lipinski definition) is 2. The Labute approximate surface area is 157 Å². The quantitative estimate of drug-likeness (QED) is 0.558. The van der Waals surface area contributed by atoms with Crippen molar-refractivity contribution in [1.82, 2.24) is 4.98 Å². The molecular formula is C16H10Cl3N3OS. The molecule has 0 saturated carbocycles. The second kappa shape index (κ2) is 7.40. The minimum atomic E-state index is -0.330. The molecule has 8 heteroatoms. The maximum absolute atomic E-state index is 12.5. The highest BCUT2D eigenvalue weighted by Crippen LogP contribution is 2.34. The Balaban J connectivity index is 1.81. The first-order valence-corrected chi connectivity index (χ1v) is 8.77. The van der Waals surface area contributed by atoms with Crippen LogP contribution in [0.25, 0.3) is 0 Å². The molecule has 0 spiro atoms. The molecule has 1 aromatic heterocycles. The van der Waals surface area contributed by atoms with Gasteiger partial charge in [-0.15, -0.1) is 11.3 Å². The molecule has 3 rings (SSSR count). The second-order valence-electron chi connectivity index (χ2n) is 4.74. The van der Waals surface area contributed by atoms with Gasteiger partial charge in [0.2, 0.25) is 0 Å². The third-order valence-electron chi connectivity index (χ3n) is 3.05. The lowest BCUT2D eigenvalue weighted by Crippen LogP contribution is -2.12. The van der Waals surface area contributed by atoms with Gasteiger partial charge in [-0.2, -0.15) is 0 Å². The SMILES string of the molecule is O=C(Nc1c(Cl)cc(Cl)cc1Cl)c1cccc(Nc2nccs2)c1. The zero-order valence-corrected chi connectivity index (χ0v) is 15.1. The number of anilines is 3. The number of benzene rings is 2. The van der Waals surface area contributed by atoms with Gasteiger partial charge in [0.15, 0.2) is 5.13 Å². The van der Waals surface area contributed by atoms with Crippen LogP contribution in [0.1, 0.15) is 10.4 Å². The third-order valence-corrected chi connectivity index (χ3v) is 4.56. The predicted molar refractivity (Wildman–Crippen MR) is 101 cm³/mol. The van der Waals surface area contributed by atoms with E-state index in [2.05, 4.69) is 15.6 Å². The molecular weight excluding hydrogens is 389 g/mol.